The summed E-state index contributed by atoms with van der Waals surface area (Å²) in [5, 5.41) is 1.18. The van der Waals surface area contributed by atoms with Crippen LogP contribution in [-0.2, 0) is 9.59 Å². The van der Waals surface area contributed by atoms with Gasteiger partial charge in [0.05, 0.1) is 17.6 Å². The molecule has 3 aromatic carbocycles. The molecule has 3 aromatic rings. The van der Waals surface area contributed by atoms with Gasteiger partial charge in [0.2, 0.25) is 5.91 Å². The second-order valence-electron chi connectivity index (χ2n) is 8.14. The van der Waals surface area contributed by atoms with Gasteiger partial charge in [0.15, 0.2) is 0 Å². The average Bonchev–Trinajstić information content (AvgIpc) is 3.30. The molecule has 1 N–H and O–H groups in total. The van der Waals surface area contributed by atoms with Gasteiger partial charge >= 0.3 is 0 Å². The molecule has 0 aromatic heterocycles. The van der Waals surface area contributed by atoms with Crippen LogP contribution < -0.4 is 10.3 Å². The molecule has 8 heteroatoms. The van der Waals surface area contributed by atoms with Crippen LogP contribution in [0.5, 0.6) is 0 Å². The Bertz CT molecular complexity index is 1300. The van der Waals surface area contributed by atoms with E-state index in [4.69, 9.17) is 0 Å². The molecule has 166 valence electrons. The molecule has 0 bridgehead atoms. The largest absolute Gasteiger partial charge is 0.274 e. The van der Waals surface area contributed by atoms with E-state index in [-0.39, 0.29) is 5.56 Å². The number of anilines is 1. The maximum atomic E-state index is 14.7. The van der Waals surface area contributed by atoms with Gasteiger partial charge in [0.25, 0.3) is 11.8 Å². The summed E-state index contributed by atoms with van der Waals surface area (Å²) in [6.07, 6.45) is 0. The summed E-state index contributed by atoms with van der Waals surface area (Å²) in [6.45, 7) is 1.86. The number of nitrogens with zero attached hydrogens (tertiary/aromatic N) is 2. The Balaban J connectivity index is 1.61. The van der Waals surface area contributed by atoms with Gasteiger partial charge in [-0.3, -0.25) is 19.4 Å². The minimum atomic E-state index is -1.10. The van der Waals surface area contributed by atoms with Crippen molar-refractivity contribution < 1.29 is 18.8 Å². The second kappa shape index (κ2) is 8.20. The van der Waals surface area contributed by atoms with Crippen LogP contribution in [0.2, 0.25) is 0 Å². The zero-order valence-electron chi connectivity index (χ0n) is 17.5. The highest BCUT2D eigenvalue weighted by molar-refractivity contribution is 9.10. The first-order chi connectivity index (χ1) is 15.9. The van der Waals surface area contributed by atoms with Gasteiger partial charge in [-0.25, -0.2) is 14.7 Å². The highest BCUT2D eigenvalue weighted by atomic mass is 79.9. The molecule has 0 unspecified atom stereocenters. The van der Waals surface area contributed by atoms with E-state index < -0.39 is 41.5 Å². The number of aryl methyl sites for hydroxylation is 1. The van der Waals surface area contributed by atoms with E-state index in [1.165, 1.54) is 11.1 Å². The van der Waals surface area contributed by atoms with Gasteiger partial charge in [-0.15, -0.1) is 0 Å². The van der Waals surface area contributed by atoms with E-state index in [1.807, 2.05) is 13.0 Å². The van der Waals surface area contributed by atoms with Crippen molar-refractivity contribution >= 4 is 39.3 Å². The fraction of sp³-hybridized carbons (Fsp3) is 0.160. The van der Waals surface area contributed by atoms with E-state index in [9.17, 15) is 18.8 Å². The Labute approximate surface area is 198 Å². The van der Waals surface area contributed by atoms with Crippen LogP contribution in [0.4, 0.5) is 10.1 Å². The Morgan fingerprint density at radius 1 is 0.970 bits per heavy atom. The first-order valence-corrected chi connectivity index (χ1v) is 11.2. The quantitative estimate of drug-likeness (QED) is 0.540. The number of carbonyl (C=O) groups is 3. The first-order valence-electron chi connectivity index (χ1n) is 10.4. The van der Waals surface area contributed by atoms with Crippen LogP contribution in [0.15, 0.2) is 77.3 Å². The molecule has 0 radical (unpaired) electrons. The van der Waals surface area contributed by atoms with E-state index in [0.29, 0.717) is 15.7 Å². The predicted octanol–water partition coefficient (Wildman–Crippen LogP) is 4.16. The number of halogens is 2. The monoisotopic (exact) mass is 507 g/mol. The van der Waals surface area contributed by atoms with Crippen molar-refractivity contribution in [3.8, 4) is 0 Å². The van der Waals surface area contributed by atoms with Gasteiger partial charge in [-0.05, 0) is 48.9 Å². The lowest BCUT2D eigenvalue weighted by molar-refractivity contribution is -0.123. The number of nitrogens with one attached hydrogen (secondary N) is 1. The number of hydrazine groups is 1. The number of benzene rings is 3. The molecule has 3 amide bonds. The van der Waals surface area contributed by atoms with Crippen molar-refractivity contribution in [2.75, 3.05) is 4.90 Å². The lowest BCUT2D eigenvalue weighted by Gasteiger charge is -2.25. The van der Waals surface area contributed by atoms with Gasteiger partial charge in [-0.1, -0.05) is 52.3 Å². The Hall–Kier alpha value is -3.36. The van der Waals surface area contributed by atoms with Crippen molar-refractivity contribution in [3.63, 3.8) is 0 Å². The van der Waals surface area contributed by atoms with Gasteiger partial charge in [-0.2, -0.15) is 0 Å². The van der Waals surface area contributed by atoms with Crippen LogP contribution in [-0.4, -0.2) is 28.8 Å². The van der Waals surface area contributed by atoms with E-state index >= 15 is 0 Å². The second-order valence-corrected chi connectivity index (χ2v) is 9.05. The minimum absolute atomic E-state index is 0.226. The molecule has 5 rings (SSSR count). The van der Waals surface area contributed by atoms with Crippen molar-refractivity contribution in [2.24, 2.45) is 5.92 Å². The topological polar surface area (TPSA) is 69.7 Å². The van der Waals surface area contributed by atoms with Crippen molar-refractivity contribution in [3.05, 3.63) is 99.8 Å². The van der Waals surface area contributed by atoms with E-state index in [1.54, 1.807) is 60.7 Å². The number of carbonyl (C=O) groups excluding carboxylic acids is 3. The van der Waals surface area contributed by atoms with Gasteiger partial charge in [0.1, 0.15) is 11.9 Å². The van der Waals surface area contributed by atoms with Gasteiger partial charge < -0.3 is 0 Å². The van der Waals surface area contributed by atoms with E-state index in [0.717, 1.165) is 10.5 Å². The zero-order valence-corrected chi connectivity index (χ0v) is 19.1. The molecule has 0 aliphatic carbocycles. The maximum Gasteiger partial charge on any atom is 0.268 e. The summed E-state index contributed by atoms with van der Waals surface area (Å²) in [4.78, 5) is 41.6. The third kappa shape index (κ3) is 3.55. The van der Waals surface area contributed by atoms with Gasteiger partial charge in [0, 0.05) is 15.6 Å². The lowest BCUT2D eigenvalue weighted by atomic mass is 9.90. The summed E-state index contributed by atoms with van der Waals surface area (Å²) in [7, 11) is 0. The van der Waals surface area contributed by atoms with Crippen LogP contribution in [0, 0.1) is 18.7 Å². The summed E-state index contributed by atoms with van der Waals surface area (Å²) in [6, 6.07) is 17.9. The number of hydrogen-bond acceptors (Lipinski definition) is 4. The Morgan fingerprint density at radius 2 is 1.73 bits per heavy atom. The molecule has 2 saturated heterocycles. The molecule has 6 nitrogen and oxygen atoms in total. The fourth-order valence-electron chi connectivity index (χ4n) is 4.54. The van der Waals surface area contributed by atoms with Crippen molar-refractivity contribution in [2.45, 2.75) is 19.0 Å². The highest BCUT2D eigenvalue weighted by Crippen LogP contribution is 2.43. The van der Waals surface area contributed by atoms with Crippen LogP contribution in [0.3, 0.4) is 0 Å². The third-order valence-corrected chi connectivity index (χ3v) is 6.52. The third-order valence-electron chi connectivity index (χ3n) is 6.03. The summed E-state index contributed by atoms with van der Waals surface area (Å²) in [5.41, 5.74) is 4.85. The molecule has 3 atom stereocenters. The molecule has 2 fully saturated rings. The molecule has 33 heavy (non-hydrogen) atoms. The number of rotatable bonds is 3. The number of amides is 3. The number of fused-ring (bicyclic) bond motifs is 1. The summed E-state index contributed by atoms with van der Waals surface area (Å²) < 4.78 is 15.4. The number of imide groups is 1. The molecule has 0 spiro atoms. The first kappa shape index (κ1) is 21.5. The van der Waals surface area contributed by atoms with Crippen LogP contribution in [0.1, 0.15) is 27.5 Å². The molecule has 0 saturated carbocycles. The Kier molecular flexibility index (Phi) is 5.34. The average molecular weight is 508 g/mol. The molecule has 2 heterocycles. The lowest BCUT2D eigenvalue weighted by Crippen LogP contribution is -2.48. The fourth-order valence-corrected chi connectivity index (χ4v) is 4.94. The van der Waals surface area contributed by atoms with Crippen LogP contribution in [0.25, 0.3) is 0 Å². The standard InChI is InChI=1S/C25H19BrFN3O3/c1-14-6-4-9-17(12-14)29-24(32)20-21(18-10-2-3-11-19(18)27)28-30(22(20)25(29)33)23(31)15-7-5-8-16(26)13-15/h2-13,20-22,28H,1H3/t20-,21+,22-/m1/s1. The maximum absolute atomic E-state index is 14.7. The predicted molar refractivity (Wildman–Crippen MR) is 124 cm³/mol. The molecular weight excluding hydrogens is 489 g/mol. The number of hydrogen-bond donors (Lipinski definition) is 1. The molecule has 2 aliphatic heterocycles. The normalized spacial score (nSPS) is 22.1. The van der Waals surface area contributed by atoms with Crippen LogP contribution >= 0.6 is 15.9 Å². The summed E-state index contributed by atoms with van der Waals surface area (Å²) >= 11 is 3.35. The highest BCUT2D eigenvalue weighted by Gasteiger charge is 2.60. The molecule has 2 aliphatic rings. The minimum Gasteiger partial charge on any atom is -0.274 e. The van der Waals surface area contributed by atoms with Crippen molar-refractivity contribution in [1.82, 2.24) is 10.4 Å². The molecular formula is C25H19BrFN3O3. The summed E-state index contributed by atoms with van der Waals surface area (Å²) in [5.74, 6) is -2.95. The van der Waals surface area contributed by atoms with Crippen molar-refractivity contribution in [1.29, 1.82) is 0 Å². The zero-order chi connectivity index (χ0) is 23.3. The van der Waals surface area contributed by atoms with E-state index in [2.05, 4.69) is 21.4 Å². The SMILES string of the molecule is Cc1cccc(N2C(=O)[C@@H]3[C@H](c4ccccc4F)NN(C(=O)c4cccc(Br)c4)[C@H]3C2=O)c1. The smallest absolute Gasteiger partial charge is 0.268 e. The Morgan fingerprint density at radius 3 is 2.45 bits per heavy atom.